The Bertz CT molecular complexity index is 1210. The van der Waals surface area contributed by atoms with E-state index in [2.05, 4.69) is 58.1 Å². The molecule has 0 spiro atoms. The molecule has 3 rings (SSSR count). The van der Waals surface area contributed by atoms with Gasteiger partial charge in [0.1, 0.15) is 11.5 Å². The number of hydrogen-bond donors (Lipinski definition) is 8. The smallest absolute Gasteiger partial charge is 0.305 e. The number of aromatic hydroxyl groups is 2. The lowest BCUT2D eigenvalue weighted by Crippen LogP contribution is -2.42. The van der Waals surface area contributed by atoms with E-state index >= 15 is 0 Å². The number of carboxylic acids is 1. The molecule has 36 heavy (non-hydrogen) atoms. The number of aliphatic imine (C=N–C) groups is 1. The third-order valence-corrected chi connectivity index (χ3v) is 6.03. The number of nitrogens with one attached hydrogen (secondary N) is 4. The summed E-state index contributed by atoms with van der Waals surface area (Å²) >= 11 is 6.44. The normalized spacial score (nSPS) is 15.8. The van der Waals surface area contributed by atoms with Crippen LogP contribution in [-0.4, -0.2) is 69.9 Å². The van der Waals surface area contributed by atoms with Crippen molar-refractivity contribution in [1.29, 1.82) is 0 Å². The number of phenolic OH excluding ortho intramolecular Hbond substituents is 2. The molecule has 0 fully saturated rings. The molecule has 0 saturated heterocycles. The minimum absolute atomic E-state index is 0.0531. The summed E-state index contributed by atoms with van der Waals surface area (Å²) < 4.78 is 0.864. The van der Waals surface area contributed by atoms with Crippen molar-refractivity contribution < 1.29 is 34.8 Å². The first-order valence-electron chi connectivity index (χ1n) is 10.6. The number of halogens is 2. The van der Waals surface area contributed by atoms with Crippen LogP contribution >= 0.6 is 31.9 Å². The molecule has 14 heteroatoms. The van der Waals surface area contributed by atoms with Gasteiger partial charge in [-0.15, -0.1) is 0 Å². The van der Waals surface area contributed by atoms with Gasteiger partial charge in [0.25, 0.3) is 5.91 Å². The Morgan fingerprint density at radius 3 is 2.56 bits per heavy atom. The quantitative estimate of drug-likeness (QED) is 0.213. The van der Waals surface area contributed by atoms with Gasteiger partial charge in [-0.25, -0.2) is 0 Å². The molecule has 1 heterocycles. The van der Waals surface area contributed by atoms with Gasteiger partial charge in [-0.3, -0.25) is 19.4 Å². The van der Waals surface area contributed by atoms with Crippen molar-refractivity contribution in [2.45, 2.75) is 18.6 Å². The highest BCUT2D eigenvalue weighted by molar-refractivity contribution is 9.11. The number of benzene rings is 2. The van der Waals surface area contributed by atoms with Gasteiger partial charge in [-0.2, -0.15) is 0 Å². The second-order valence-corrected chi connectivity index (χ2v) is 9.61. The number of β-amino-alcohol motifs (C(OH)–C–C–N with tert-alkyl or cyclic N) is 1. The lowest BCUT2D eigenvalue weighted by Gasteiger charge is -2.20. The molecule has 2 aromatic carbocycles. The molecule has 2 atom stereocenters. The van der Waals surface area contributed by atoms with Gasteiger partial charge in [0.05, 0.1) is 36.1 Å². The zero-order valence-electron chi connectivity index (χ0n) is 18.6. The van der Waals surface area contributed by atoms with Crippen molar-refractivity contribution in [3.8, 4) is 11.5 Å². The van der Waals surface area contributed by atoms with Crippen LogP contribution in [0.4, 0.5) is 5.69 Å². The van der Waals surface area contributed by atoms with Crippen molar-refractivity contribution in [1.82, 2.24) is 16.0 Å². The molecule has 0 bridgehead atoms. The predicted molar refractivity (Wildman–Crippen MR) is 137 cm³/mol. The Hall–Kier alpha value is -3.36. The summed E-state index contributed by atoms with van der Waals surface area (Å²) in [5.41, 5.74) is 0.579. The van der Waals surface area contributed by atoms with E-state index in [1.54, 1.807) is 6.07 Å². The second-order valence-electron chi connectivity index (χ2n) is 7.84. The maximum atomic E-state index is 12.6. The number of anilines is 1. The van der Waals surface area contributed by atoms with Gasteiger partial charge in [0.2, 0.25) is 5.91 Å². The lowest BCUT2D eigenvalue weighted by molar-refractivity contribution is -0.137. The summed E-state index contributed by atoms with van der Waals surface area (Å²) in [5, 5.41) is 49.8. The van der Waals surface area contributed by atoms with E-state index in [9.17, 15) is 34.8 Å². The number of aliphatic hydroxyl groups excluding tert-OH is 1. The van der Waals surface area contributed by atoms with Gasteiger partial charge in [-0.1, -0.05) is 15.9 Å². The lowest BCUT2D eigenvalue weighted by atomic mass is 10.0. The highest BCUT2D eigenvalue weighted by Crippen LogP contribution is 2.36. The van der Waals surface area contributed by atoms with Crippen LogP contribution in [0.1, 0.15) is 28.4 Å². The molecule has 1 aliphatic rings. The minimum atomic E-state index is -1.20. The van der Waals surface area contributed by atoms with Crippen molar-refractivity contribution >= 4 is 61.3 Å². The molecule has 0 radical (unpaired) electrons. The van der Waals surface area contributed by atoms with E-state index in [1.165, 1.54) is 24.3 Å². The largest absolute Gasteiger partial charge is 0.508 e. The molecule has 1 unspecified atom stereocenters. The highest BCUT2D eigenvalue weighted by atomic mass is 79.9. The van der Waals surface area contributed by atoms with Crippen LogP contribution in [0.2, 0.25) is 0 Å². The van der Waals surface area contributed by atoms with Gasteiger partial charge in [0.15, 0.2) is 5.96 Å². The number of rotatable bonds is 8. The molecule has 8 N–H and O–H groups in total. The van der Waals surface area contributed by atoms with Crippen molar-refractivity contribution in [3.63, 3.8) is 0 Å². The van der Waals surface area contributed by atoms with Gasteiger partial charge in [0, 0.05) is 33.9 Å². The van der Waals surface area contributed by atoms with E-state index in [0.717, 1.165) is 0 Å². The fourth-order valence-electron chi connectivity index (χ4n) is 3.34. The molecule has 192 valence electrons. The predicted octanol–water partition coefficient (Wildman–Crippen LogP) is 1.42. The molecular weight excluding hydrogens is 606 g/mol. The van der Waals surface area contributed by atoms with Crippen LogP contribution < -0.4 is 21.3 Å². The Morgan fingerprint density at radius 2 is 1.89 bits per heavy atom. The van der Waals surface area contributed by atoms with Crippen LogP contribution in [0.15, 0.2) is 44.3 Å². The molecule has 1 aliphatic heterocycles. The summed E-state index contributed by atoms with van der Waals surface area (Å²) in [7, 11) is 0. The van der Waals surface area contributed by atoms with Gasteiger partial charge >= 0.3 is 5.97 Å². The first-order chi connectivity index (χ1) is 17.0. The Balaban J connectivity index is 1.66. The average molecular weight is 629 g/mol. The monoisotopic (exact) mass is 627 g/mol. The van der Waals surface area contributed by atoms with E-state index in [4.69, 9.17) is 0 Å². The van der Waals surface area contributed by atoms with E-state index in [-0.39, 0.29) is 29.2 Å². The minimum Gasteiger partial charge on any atom is -0.508 e. The standard InChI is InChI=1S/C22H23Br2N5O7/c23-11-3-15(20(35)16(24)4-11)17(6-19(33)34)29-18(32)9-25-21(36)10-1-12(5-13(30)2-10)28-22-26-7-14(31)8-27-22/h1-5,14,17,30-31,35H,6-9H2,(H,25,36)(H,29,32)(H,33,34)(H2,26,27,28)/t17-/m0/s1. The van der Waals surface area contributed by atoms with E-state index < -0.39 is 42.9 Å². The number of carboxylic acid groups (broad SMARTS) is 1. The van der Waals surface area contributed by atoms with Crippen LogP contribution in [-0.2, 0) is 9.59 Å². The maximum absolute atomic E-state index is 12.6. The molecule has 0 saturated carbocycles. The third-order valence-electron chi connectivity index (χ3n) is 4.96. The Morgan fingerprint density at radius 1 is 1.14 bits per heavy atom. The number of carbonyl (C=O) groups excluding carboxylic acids is 2. The number of hydrogen-bond acceptors (Lipinski definition) is 9. The SMILES string of the molecule is O=C(O)C[C@H](NC(=O)CNC(=O)c1cc(O)cc(NC2=NCC(O)CN2)c1)c1cc(Br)cc(Br)c1O. The molecule has 12 nitrogen and oxygen atoms in total. The van der Waals surface area contributed by atoms with Crippen LogP contribution in [0.25, 0.3) is 0 Å². The number of aliphatic hydroxyl groups is 1. The van der Waals surface area contributed by atoms with E-state index in [1.807, 2.05) is 0 Å². The number of phenols is 2. The summed E-state index contributed by atoms with van der Waals surface area (Å²) in [5.74, 6) is -2.62. The Kier molecular flexibility index (Phi) is 9.12. The zero-order valence-corrected chi connectivity index (χ0v) is 21.8. The van der Waals surface area contributed by atoms with Gasteiger partial charge < -0.3 is 41.7 Å². The fourth-order valence-corrected chi connectivity index (χ4v) is 4.60. The fraction of sp³-hybridized carbons (Fsp3) is 0.273. The molecular formula is C22H23Br2N5O7. The van der Waals surface area contributed by atoms with Crippen LogP contribution in [0.3, 0.4) is 0 Å². The molecule has 0 aliphatic carbocycles. The third kappa shape index (κ3) is 7.57. The van der Waals surface area contributed by atoms with Crippen LogP contribution in [0, 0.1) is 0 Å². The van der Waals surface area contributed by atoms with Gasteiger partial charge in [-0.05, 0) is 40.2 Å². The molecule has 0 aromatic heterocycles. The summed E-state index contributed by atoms with van der Waals surface area (Å²) in [6.07, 6.45) is -1.11. The topological polar surface area (TPSA) is 193 Å². The van der Waals surface area contributed by atoms with Crippen molar-refractivity contribution in [3.05, 3.63) is 50.4 Å². The molecule has 2 aromatic rings. The zero-order chi connectivity index (χ0) is 26.4. The second kappa shape index (κ2) is 12.1. The molecule has 2 amide bonds. The number of aliphatic carboxylic acids is 1. The number of guanidine groups is 1. The Labute approximate surface area is 222 Å². The van der Waals surface area contributed by atoms with Crippen molar-refractivity contribution in [2.24, 2.45) is 4.99 Å². The number of carbonyl (C=O) groups is 3. The van der Waals surface area contributed by atoms with Crippen LogP contribution in [0.5, 0.6) is 11.5 Å². The number of amides is 2. The summed E-state index contributed by atoms with van der Waals surface area (Å²) in [6.45, 7) is 0.00817. The average Bonchev–Trinajstić information content (AvgIpc) is 2.80. The first-order valence-corrected chi connectivity index (χ1v) is 12.1. The summed E-state index contributed by atoms with van der Waals surface area (Å²) in [6, 6.07) is 6.00. The maximum Gasteiger partial charge on any atom is 0.305 e. The number of nitrogens with zero attached hydrogens (tertiary/aromatic N) is 1. The van der Waals surface area contributed by atoms with Crippen molar-refractivity contribution in [2.75, 3.05) is 25.0 Å². The first kappa shape index (κ1) is 27.2. The highest BCUT2D eigenvalue weighted by Gasteiger charge is 2.23. The van der Waals surface area contributed by atoms with E-state index in [0.29, 0.717) is 27.1 Å². The summed E-state index contributed by atoms with van der Waals surface area (Å²) in [4.78, 5) is 40.6.